The summed E-state index contributed by atoms with van der Waals surface area (Å²) >= 11 is 0. The lowest BCUT2D eigenvalue weighted by atomic mass is 10.1. The molecule has 0 aromatic rings. The number of esters is 3. The zero-order valence-corrected chi connectivity index (χ0v) is 40.9. The maximum atomic E-state index is 12.8. The van der Waals surface area contributed by atoms with Crippen LogP contribution in [0.15, 0.2) is 60.8 Å². The lowest BCUT2D eigenvalue weighted by Crippen LogP contribution is -2.30. The number of hydrogen-bond donors (Lipinski definition) is 0. The molecular weight excluding hydrogens is 769 g/mol. The van der Waals surface area contributed by atoms with Crippen LogP contribution in [-0.2, 0) is 28.6 Å². The average Bonchev–Trinajstić information content (AvgIpc) is 3.27. The molecule has 0 saturated heterocycles. The minimum atomic E-state index is -0.787. The van der Waals surface area contributed by atoms with Crippen LogP contribution in [0.4, 0.5) is 0 Å². The Hall–Kier alpha value is -2.89. The predicted octanol–water partition coefficient (Wildman–Crippen LogP) is 17.3. The van der Waals surface area contributed by atoms with E-state index in [1.165, 1.54) is 116 Å². The molecule has 6 nitrogen and oxygen atoms in total. The van der Waals surface area contributed by atoms with Gasteiger partial charge in [0.05, 0.1) is 0 Å². The van der Waals surface area contributed by atoms with Gasteiger partial charge in [-0.3, -0.25) is 14.4 Å². The summed E-state index contributed by atoms with van der Waals surface area (Å²) in [6.45, 7) is 6.48. The first-order valence-electron chi connectivity index (χ1n) is 26.3. The van der Waals surface area contributed by atoms with E-state index in [4.69, 9.17) is 14.2 Å². The van der Waals surface area contributed by atoms with Crippen LogP contribution in [0.25, 0.3) is 0 Å². The highest BCUT2D eigenvalue weighted by atomic mass is 16.6. The average molecular weight is 867 g/mol. The monoisotopic (exact) mass is 867 g/mol. The Morgan fingerprint density at radius 1 is 0.339 bits per heavy atom. The van der Waals surface area contributed by atoms with Gasteiger partial charge in [0.2, 0.25) is 0 Å². The van der Waals surface area contributed by atoms with Crippen LogP contribution >= 0.6 is 0 Å². The number of hydrogen-bond acceptors (Lipinski definition) is 6. The Kier molecular flexibility index (Phi) is 48.4. The maximum Gasteiger partial charge on any atom is 0.306 e. The molecule has 0 radical (unpaired) electrons. The molecule has 0 aromatic heterocycles. The summed E-state index contributed by atoms with van der Waals surface area (Å²) in [5, 5.41) is 0. The fraction of sp³-hybridized carbons (Fsp3) is 0.768. The normalized spacial score (nSPS) is 12.5. The van der Waals surface area contributed by atoms with E-state index in [9.17, 15) is 14.4 Å². The number of carbonyl (C=O) groups is 3. The van der Waals surface area contributed by atoms with Gasteiger partial charge in [-0.05, 0) is 103 Å². The molecular formula is C56H98O6. The highest BCUT2D eigenvalue weighted by molar-refractivity contribution is 5.71. The van der Waals surface area contributed by atoms with Gasteiger partial charge in [0, 0.05) is 19.3 Å². The van der Waals surface area contributed by atoms with E-state index in [-0.39, 0.29) is 31.1 Å². The summed E-state index contributed by atoms with van der Waals surface area (Å²) in [4.78, 5) is 38.0. The number of unbranched alkanes of at least 4 members (excludes halogenated alkanes) is 26. The molecule has 0 aliphatic rings. The molecule has 0 aliphatic heterocycles. The van der Waals surface area contributed by atoms with Crippen molar-refractivity contribution in [3.63, 3.8) is 0 Å². The van der Waals surface area contributed by atoms with Crippen LogP contribution in [0, 0.1) is 0 Å². The van der Waals surface area contributed by atoms with E-state index < -0.39 is 6.10 Å². The fourth-order valence-corrected chi connectivity index (χ4v) is 7.27. The van der Waals surface area contributed by atoms with Crippen molar-refractivity contribution in [2.75, 3.05) is 13.2 Å². The van der Waals surface area contributed by atoms with E-state index in [0.29, 0.717) is 19.3 Å². The molecule has 358 valence electrons. The molecule has 0 fully saturated rings. The first-order chi connectivity index (χ1) is 30.5. The zero-order valence-electron chi connectivity index (χ0n) is 40.9. The summed E-state index contributed by atoms with van der Waals surface area (Å²) in [6, 6.07) is 0. The summed E-state index contributed by atoms with van der Waals surface area (Å²) in [5.74, 6) is -0.912. The van der Waals surface area contributed by atoms with Crippen LogP contribution in [0.1, 0.15) is 258 Å². The van der Waals surface area contributed by atoms with E-state index in [1.54, 1.807) is 0 Å². The van der Waals surface area contributed by atoms with Gasteiger partial charge in [0.15, 0.2) is 6.10 Å². The molecule has 0 saturated carbocycles. The predicted molar refractivity (Wildman–Crippen MR) is 265 cm³/mol. The lowest BCUT2D eigenvalue weighted by molar-refractivity contribution is -0.167. The van der Waals surface area contributed by atoms with Gasteiger partial charge in [0.1, 0.15) is 13.2 Å². The van der Waals surface area contributed by atoms with Crippen LogP contribution in [0.2, 0.25) is 0 Å². The van der Waals surface area contributed by atoms with E-state index in [2.05, 4.69) is 81.5 Å². The molecule has 0 bridgehead atoms. The molecule has 0 rings (SSSR count). The third kappa shape index (κ3) is 48.1. The van der Waals surface area contributed by atoms with Crippen molar-refractivity contribution in [2.45, 2.75) is 264 Å². The molecule has 0 amide bonds. The number of allylic oxidation sites excluding steroid dienone is 10. The SMILES string of the molecule is CC/C=C\C/C=C\C/C=C\CCCCCCCC(=O)O[C@H](COC(=O)CCCCCCC/C=C\CCCCC)COC(=O)CCCCCCCCC/C=C\CCCCCCCC. The first-order valence-corrected chi connectivity index (χ1v) is 26.3. The van der Waals surface area contributed by atoms with Crippen molar-refractivity contribution >= 4 is 17.9 Å². The summed E-state index contributed by atoms with van der Waals surface area (Å²) < 4.78 is 16.8. The molecule has 6 heteroatoms. The second-order valence-electron chi connectivity index (χ2n) is 17.4. The van der Waals surface area contributed by atoms with E-state index in [1.807, 2.05) is 0 Å². The molecule has 1 atom stereocenters. The lowest BCUT2D eigenvalue weighted by Gasteiger charge is -2.18. The minimum Gasteiger partial charge on any atom is -0.462 e. The Bertz CT molecular complexity index is 1130. The topological polar surface area (TPSA) is 78.9 Å². The highest BCUT2D eigenvalue weighted by Crippen LogP contribution is 2.14. The van der Waals surface area contributed by atoms with Crippen molar-refractivity contribution < 1.29 is 28.6 Å². The highest BCUT2D eigenvalue weighted by Gasteiger charge is 2.19. The molecule has 0 aromatic carbocycles. The standard InChI is InChI=1S/C56H98O6/c1-4-7-10-13-16-19-22-25-27-28-30-31-34-37-40-43-46-49-55(58)61-52-53(51-60-54(57)48-45-42-39-36-33-24-21-18-15-12-9-6-3)62-56(59)50-47-44-41-38-35-32-29-26-23-20-17-14-11-8-5-2/h8,11,17-18,20-21,25-27,29,53H,4-7,9-10,12-16,19,22-24,28,30-52H2,1-3H3/b11-8-,20-17-,21-18-,27-25-,29-26-/t53-/m1/s1. The molecule has 0 unspecified atom stereocenters. The number of carbonyl (C=O) groups excluding carboxylic acids is 3. The quantitative estimate of drug-likeness (QED) is 0.0262. The van der Waals surface area contributed by atoms with Gasteiger partial charge < -0.3 is 14.2 Å². The second kappa shape index (κ2) is 50.8. The van der Waals surface area contributed by atoms with Crippen molar-refractivity contribution in [1.82, 2.24) is 0 Å². The zero-order chi connectivity index (χ0) is 45.1. The van der Waals surface area contributed by atoms with Crippen LogP contribution in [0.3, 0.4) is 0 Å². The largest absolute Gasteiger partial charge is 0.462 e. The smallest absolute Gasteiger partial charge is 0.306 e. The second-order valence-corrected chi connectivity index (χ2v) is 17.4. The van der Waals surface area contributed by atoms with Crippen LogP contribution in [0.5, 0.6) is 0 Å². The third-order valence-electron chi connectivity index (χ3n) is 11.2. The molecule has 0 heterocycles. The van der Waals surface area contributed by atoms with Crippen LogP contribution in [-0.4, -0.2) is 37.2 Å². The van der Waals surface area contributed by atoms with Gasteiger partial charge in [0.25, 0.3) is 0 Å². The van der Waals surface area contributed by atoms with E-state index >= 15 is 0 Å². The van der Waals surface area contributed by atoms with Gasteiger partial charge in [-0.15, -0.1) is 0 Å². The summed E-state index contributed by atoms with van der Waals surface area (Å²) in [5.41, 5.74) is 0. The fourth-order valence-electron chi connectivity index (χ4n) is 7.27. The number of rotatable bonds is 47. The molecule has 0 spiro atoms. The molecule has 0 aliphatic carbocycles. The Labute approximate surface area is 383 Å². The minimum absolute atomic E-state index is 0.0858. The third-order valence-corrected chi connectivity index (χ3v) is 11.2. The van der Waals surface area contributed by atoms with Gasteiger partial charge in [-0.2, -0.15) is 0 Å². The van der Waals surface area contributed by atoms with Gasteiger partial charge in [-0.1, -0.05) is 197 Å². The maximum absolute atomic E-state index is 12.8. The Morgan fingerprint density at radius 3 is 1.03 bits per heavy atom. The Morgan fingerprint density at radius 2 is 0.629 bits per heavy atom. The van der Waals surface area contributed by atoms with Crippen molar-refractivity contribution in [3.8, 4) is 0 Å². The van der Waals surface area contributed by atoms with Crippen molar-refractivity contribution in [3.05, 3.63) is 60.8 Å². The number of ether oxygens (including phenoxy) is 3. The first kappa shape index (κ1) is 59.1. The van der Waals surface area contributed by atoms with Crippen molar-refractivity contribution in [2.24, 2.45) is 0 Å². The summed E-state index contributed by atoms with van der Waals surface area (Å²) in [6.07, 6.45) is 62.0. The van der Waals surface area contributed by atoms with E-state index in [0.717, 1.165) is 103 Å². The van der Waals surface area contributed by atoms with Gasteiger partial charge >= 0.3 is 17.9 Å². The summed E-state index contributed by atoms with van der Waals surface area (Å²) in [7, 11) is 0. The van der Waals surface area contributed by atoms with Crippen molar-refractivity contribution in [1.29, 1.82) is 0 Å². The van der Waals surface area contributed by atoms with Gasteiger partial charge in [-0.25, -0.2) is 0 Å². The molecule has 62 heavy (non-hydrogen) atoms. The van der Waals surface area contributed by atoms with Crippen LogP contribution < -0.4 is 0 Å². The molecule has 0 N–H and O–H groups in total. The Balaban J connectivity index is 4.40.